The fourth-order valence-corrected chi connectivity index (χ4v) is 3.92. The molecule has 0 rings (SSSR count). The van der Waals surface area contributed by atoms with E-state index in [2.05, 4.69) is 30.6 Å². The van der Waals surface area contributed by atoms with Crippen molar-refractivity contribution < 1.29 is 9.53 Å². The SMILES string of the molecule is C=CCCCCCCCCC(CCCCCCCC/C=C\C)OC(=O)CCCN(C)C. The van der Waals surface area contributed by atoms with E-state index in [1.165, 1.54) is 83.5 Å². The number of unbranched alkanes of at least 4 members (excludes halogenated alkanes) is 12. The minimum Gasteiger partial charge on any atom is -0.462 e. The molecule has 0 N–H and O–H groups in total. The lowest BCUT2D eigenvalue weighted by Crippen LogP contribution is -2.20. The Balaban J connectivity index is 4.04. The van der Waals surface area contributed by atoms with Crippen molar-refractivity contribution >= 4 is 5.97 Å². The molecule has 0 fully saturated rings. The van der Waals surface area contributed by atoms with E-state index in [-0.39, 0.29) is 12.1 Å². The van der Waals surface area contributed by atoms with Crippen molar-refractivity contribution in [2.24, 2.45) is 0 Å². The van der Waals surface area contributed by atoms with Gasteiger partial charge < -0.3 is 9.64 Å². The normalized spacial score (nSPS) is 12.5. The molecule has 1 unspecified atom stereocenters. The lowest BCUT2D eigenvalue weighted by molar-refractivity contribution is -0.150. The highest BCUT2D eigenvalue weighted by Crippen LogP contribution is 2.18. The number of nitrogens with zero attached hydrogens (tertiary/aromatic N) is 1. The van der Waals surface area contributed by atoms with Crippen molar-refractivity contribution in [2.75, 3.05) is 20.6 Å². The van der Waals surface area contributed by atoms with Gasteiger partial charge in [0.1, 0.15) is 6.10 Å². The Bertz CT molecular complexity index is 431. The Morgan fingerprint density at radius 2 is 1.32 bits per heavy atom. The zero-order valence-electron chi connectivity index (χ0n) is 21.2. The van der Waals surface area contributed by atoms with Gasteiger partial charge in [0.2, 0.25) is 0 Å². The summed E-state index contributed by atoms with van der Waals surface area (Å²) in [6, 6.07) is 0. The van der Waals surface area contributed by atoms with Gasteiger partial charge in [-0.2, -0.15) is 0 Å². The van der Waals surface area contributed by atoms with Crippen LogP contribution in [0.5, 0.6) is 0 Å². The molecule has 0 aromatic rings. The Hall–Kier alpha value is -1.09. The average molecular weight is 436 g/mol. The summed E-state index contributed by atoms with van der Waals surface area (Å²) in [5.41, 5.74) is 0. The van der Waals surface area contributed by atoms with Gasteiger partial charge >= 0.3 is 5.97 Å². The molecular formula is C28H53NO2. The molecule has 0 radical (unpaired) electrons. The fraction of sp³-hybridized carbons (Fsp3) is 0.821. The summed E-state index contributed by atoms with van der Waals surface area (Å²) in [5.74, 6) is 0.000235. The number of ether oxygens (including phenoxy) is 1. The molecule has 3 heteroatoms. The first-order chi connectivity index (χ1) is 15.1. The quantitative estimate of drug-likeness (QED) is 0.0919. The van der Waals surface area contributed by atoms with E-state index in [1.54, 1.807) is 0 Å². The molecule has 1 atom stereocenters. The van der Waals surface area contributed by atoms with E-state index in [0.717, 1.165) is 32.2 Å². The summed E-state index contributed by atoms with van der Waals surface area (Å²) in [6.45, 7) is 6.82. The third kappa shape index (κ3) is 23.4. The third-order valence-corrected chi connectivity index (χ3v) is 5.85. The second-order valence-corrected chi connectivity index (χ2v) is 9.27. The van der Waals surface area contributed by atoms with Crippen LogP contribution < -0.4 is 0 Å². The predicted octanol–water partition coefficient (Wildman–Crippen LogP) is 8.24. The van der Waals surface area contributed by atoms with Gasteiger partial charge in [-0.05, 0) is 85.4 Å². The number of esters is 1. The molecule has 0 spiro atoms. The Kier molecular flexibility index (Phi) is 22.7. The van der Waals surface area contributed by atoms with E-state index >= 15 is 0 Å². The molecule has 0 amide bonds. The summed E-state index contributed by atoms with van der Waals surface area (Å²) in [5, 5.41) is 0. The van der Waals surface area contributed by atoms with Gasteiger partial charge in [-0.3, -0.25) is 4.79 Å². The van der Waals surface area contributed by atoms with E-state index in [1.807, 2.05) is 20.2 Å². The summed E-state index contributed by atoms with van der Waals surface area (Å²) in [4.78, 5) is 14.4. The summed E-state index contributed by atoms with van der Waals surface area (Å²) in [6.07, 6.45) is 27.8. The Labute approximate surface area is 194 Å². The van der Waals surface area contributed by atoms with Gasteiger partial charge in [-0.1, -0.05) is 69.6 Å². The molecule has 0 saturated heterocycles. The maximum absolute atomic E-state index is 12.3. The maximum atomic E-state index is 12.3. The van der Waals surface area contributed by atoms with E-state index in [9.17, 15) is 4.79 Å². The van der Waals surface area contributed by atoms with Crippen LogP contribution >= 0.6 is 0 Å². The van der Waals surface area contributed by atoms with Crippen molar-refractivity contribution in [3.63, 3.8) is 0 Å². The van der Waals surface area contributed by atoms with Crippen molar-refractivity contribution in [3.05, 3.63) is 24.8 Å². The third-order valence-electron chi connectivity index (χ3n) is 5.85. The van der Waals surface area contributed by atoms with Gasteiger partial charge in [0.25, 0.3) is 0 Å². The molecule has 31 heavy (non-hydrogen) atoms. The largest absolute Gasteiger partial charge is 0.462 e. The van der Waals surface area contributed by atoms with E-state index < -0.39 is 0 Å². The van der Waals surface area contributed by atoms with Crippen molar-refractivity contribution in [1.82, 2.24) is 4.90 Å². The molecular weight excluding hydrogens is 382 g/mol. The first-order valence-electron chi connectivity index (χ1n) is 13.2. The maximum Gasteiger partial charge on any atom is 0.306 e. The summed E-state index contributed by atoms with van der Waals surface area (Å²) >= 11 is 0. The summed E-state index contributed by atoms with van der Waals surface area (Å²) in [7, 11) is 4.10. The van der Waals surface area contributed by atoms with Gasteiger partial charge in [0, 0.05) is 6.42 Å². The van der Waals surface area contributed by atoms with E-state index in [0.29, 0.717) is 6.42 Å². The standard InChI is InChI=1S/C28H53NO2/c1-5-7-9-11-13-15-17-19-21-24-27(31-28(30)25-22-26-29(3)4)23-20-18-16-14-12-10-8-6-2/h5-7,27H,2,8-26H2,1,3-4H3/b7-5-. The van der Waals surface area contributed by atoms with Crippen LogP contribution in [0, 0.1) is 0 Å². The minimum atomic E-state index is 0.000235. The monoisotopic (exact) mass is 435 g/mol. The highest BCUT2D eigenvalue weighted by Gasteiger charge is 2.14. The molecule has 0 aromatic carbocycles. The molecule has 0 heterocycles. The number of allylic oxidation sites excluding steroid dienone is 3. The minimum absolute atomic E-state index is 0.000235. The second kappa shape index (κ2) is 23.6. The highest BCUT2D eigenvalue weighted by atomic mass is 16.5. The Morgan fingerprint density at radius 1 is 0.806 bits per heavy atom. The van der Waals surface area contributed by atoms with Crippen molar-refractivity contribution in [3.8, 4) is 0 Å². The number of carbonyl (C=O) groups is 1. The molecule has 0 bridgehead atoms. The first kappa shape index (κ1) is 29.9. The molecule has 0 aliphatic carbocycles. The van der Waals surface area contributed by atoms with Crippen LogP contribution in [-0.2, 0) is 9.53 Å². The van der Waals surface area contributed by atoms with Gasteiger partial charge in [0.15, 0.2) is 0 Å². The molecule has 182 valence electrons. The Morgan fingerprint density at radius 3 is 1.84 bits per heavy atom. The smallest absolute Gasteiger partial charge is 0.306 e. The summed E-state index contributed by atoms with van der Waals surface area (Å²) < 4.78 is 5.89. The van der Waals surface area contributed by atoms with Gasteiger partial charge in [-0.25, -0.2) is 0 Å². The number of rotatable bonds is 23. The molecule has 0 aromatic heterocycles. The average Bonchev–Trinajstić information content (AvgIpc) is 2.73. The number of hydrogen-bond donors (Lipinski definition) is 0. The number of carbonyl (C=O) groups excluding carboxylic acids is 1. The van der Waals surface area contributed by atoms with Gasteiger partial charge in [-0.15, -0.1) is 6.58 Å². The molecule has 0 aliphatic rings. The highest BCUT2D eigenvalue weighted by molar-refractivity contribution is 5.69. The lowest BCUT2D eigenvalue weighted by Gasteiger charge is -2.18. The topological polar surface area (TPSA) is 29.5 Å². The van der Waals surface area contributed by atoms with Crippen LogP contribution in [0.15, 0.2) is 24.8 Å². The predicted molar refractivity (Wildman–Crippen MR) is 137 cm³/mol. The van der Waals surface area contributed by atoms with Crippen LogP contribution in [0.4, 0.5) is 0 Å². The van der Waals surface area contributed by atoms with Crippen LogP contribution in [0.1, 0.15) is 122 Å². The first-order valence-corrected chi connectivity index (χ1v) is 13.2. The fourth-order valence-electron chi connectivity index (χ4n) is 3.92. The molecule has 0 saturated carbocycles. The van der Waals surface area contributed by atoms with Gasteiger partial charge in [0.05, 0.1) is 0 Å². The molecule has 3 nitrogen and oxygen atoms in total. The number of hydrogen-bond acceptors (Lipinski definition) is 3. The van der Waals surface area contributed by atoms with Crippen molar-refractivity contribution in [1.29, 1.82) is 0 Å². The van der Waals surface area contributed by atoms with Crippen molar-refractivity contribution in [2.45, 2.75) is 129 Å². The second-order valence-electron chi connectivity index (χ2n) is 9.27. The zero-order valence-corrected chi connectivity index (χ0v) is 21.2. The molecule has 0 aliphatic heterocycles. The van der Waals surface area contributed by atoms with Crippen LogP contribution in [-0.4, -0.2) is 37.6 Å². The van der Waals surface area contributed by atoms with Crippen LogP contribution in [0.3, 0.4) is 0 Å². The van der Waals surface area contributed by atoms with Crippen LogP contribution in [0.2, 0.25) is 0 Å². The van der Waals surface area contributed by atoms with E-state index in [4.69, 9.17) is 4.74 Å². The van der Waals surface area contributed by atoms with Crippen LogP contribution in [0.25, 0.3) is 0 Å². The lowest BCUT2D eigenvalue weighted by atomic mass is 10.0. The zero-order chi connectivity index (χ0) is 23.0.